The van der Waals surface area contributed by atoms with Crippen molar-refractivity contribution in [2.45, 2.75) is 19.8 Å². The van der Waals surface area contributed by atoms with Crippen molar-refractivity contribution in [3.05, 3.63) is 65.1 Å². The van der Waals surface area contributed by atoms with Gasteiger partial charge in [0.15, 0.2) is 5.65 Å². The number of hydrogen-bond donors (Lipinski definition) is 1. The third-order valence-corrected chi connectivity index (χ3v) is 3.48. The number of pyridine rings is 1. The highest BCUT2D eigenvalue weighted by Gasteiger charge is 2.09. The van der Waals surface area contributed by atoms with E-state index in [2.05, 4.69) is 41.4 Å². The van der Waals surface area contributed by atoms with Gasteiger partial charge in [0.1, 0.15) is 5.82 Å². The Bertz CT molecular complexity index is 791. The van der Waals surface area contributed by atoms with Gasteiger partial charge in [-0.2, -0.15) is 0 Å². The largest absolute Gasteiger partial charge is 0.478 e. The van der Waals surface area contributed by atoms with Crippen LogP contribution in [0.2, 0.25) is 0 Å². The minimum absolute atomic E-state index is 0.235. The Hall–Kier alpha value is -2.69. The highest BCUT2D eigenvalue weighted by Crippen LogP contribution is 2.11. The van der Waals surface area contributed by atoms with Crippen LogP contribution >= 0.6 is 0 Å². The summed E-state index contributed by atoms with van der Waals surface area (Å²) < 4.78 is 1.75. The van der Waals surface area contributed by atoms with Crippen molar-refractivity contribution in [2.75, 3.05) is 0 Å². The minimum atomic E-state index is -0.949. The smallest absolute Gasteiger partial charge is 0.337 e. The second-order valence-corrected chi connectivity index (χ2v) is 5.05. The standard InChI is InChI=1S/C16H15N3O2/c1-11-2-4-12(5-3-11)6-8-14-17-18-15-9-7-13(16(20)21)10-19(14)15/h2-5,7,9-10H,6,8H2,1H3,(H,20,21). The van der Waals surface area contributed by atoms with Crippen LogP contribution in [0.25, 0.3) is 5.65 Å². The maximum absolute atomic E-state index is 11.0. The number of nitrogens with zero attached hydrogens (tertiary/aromatic N) is 3. The molecule has 0 spiro atoms. The summed E-state index contributed by atoms with van der Waals surface area (Å²) in [5, 5.41) is 17.3. The molecule has 0 amide bonds. The third-order valence-electron chi connectivity index (χ3n) is 3.48. The van der Waals surface area contributed by atoms with Crippen molar-refractivity contribution in [1.82, 2.24) is 14.6 Å². The molecule has 1 N–H and O–H groups in total. The van der Waals surface area contributed by atoms with Crippen molar-refractivity contribution in [1.29, 1.82) is 0 Å². The molecule has 5 heteroatoms. The molecule has 0 unspecified atom stereocenters. The lowest BCUT2D eigenvalue weighted by Crippen LogP contribution is -2.02. The quantitative estimate of drug-likeness (QED) is 0.798. The molecule has 0 aliphatic carbocycles. The SMILES string of the molecule is Cc1ccc(CCc2nnc3ccc(C(=O)O)cn23)cc1. The number of carboxylic acid groups (broad SMARTS) is 1. The third kappa shape index (κ3) is 2.76. The van der Waals surface area contributed by atoms with E-state index in [-0.39, 0.29) is 5.56 Å². The zero-order valence-corrected chi connectivity index (χ0v) is 11.7. The van der Waals surface area contributed by atoms with Crippen LogP contribution in [0.3, 0.4) is 0 Å². The number of fused-ring (bicyclic) bond motifs is 1. The van der Waals surface area contributed by atoms with E-state index >= 15 is 0 Å². The molecule has 0 fully saturated rings. The fourth-order valence-corrected chi connectivity index (χ4v) is 2.25. The molecule has 106 valence electrons. The molecule has 5 nitrogen and oxygen atoms in total. The van der Waals surface area contributed by atoms with Crippen molar-refractivity contribution < 1.29 is 9.90 Å². The molecule has 0 atom stereocenters. The van der Waals surface area contributed by atoms with Crippen LogP contribution in [0.15, 0.2) is 42.6 Å². The Morgan fingerprint density at radius 2 is 1.86 bits per heavy atom. The van der Waals surface area contributed by atoms with E-state index in [0.29, 0.717) is 12.1 Å². The number of carboxylic acids is 1. The molecule has 0 saturated carbocycles. The van der Waals surface area contributed by atoms with Crippen LogP contribution in [-0.2, 0) is 12.8 Å². The van der Waals surface area contributed by atoms with Crippen LogP contribution in [0.5, 0.6) is 0 Å². The second-order valence-electron chi connectivity index (χ2n) is 5.05. The van der Waals surface area contributed by atoms with Gasteiger partial charge in [-0.15, -0.1) is 10.2 Å². The molecule has 0 bridgehead atoms. The Balaban J connectivity index is 1.84. The number of aromatic nitrogens is 3. The molecule has 3 aromatic rings. The maximum atomic E-state index is 11.0. The molecule has 1 aromatic carbocycles. The zero-order valence-electron chi connectivity index (χ0n) is 11.7. The van der Waals surface area contributed by atoms with E-state index in [9.17, 15) is 4.79 Å². The molecule has 0 aliphatic rings. The predicted molar refractivity (Wildman–Crippen MR) is 78.5 cm³/mol. The average molecular weight is 281 g/mol. The van der Waals surface area contributed by atoms with Crippen molar-refractivity contribution >= 4 is 11.6 Å². The highest BCUT2D eigenvalue weighted by molar-refractivity contribution is 5.87. The lowest BCUT2D eigenvalue weighted by molar-refractivity contribution is 0.0696. The fourth-order valence-electron chi connectivity index (χ4n) is 2.25. The van der Waals surface area contributed by atoms with Gasteiger partial charge >= 0.3 is 5.97 Å². The normalized spacial score (nSPS) is 10.9. The summed E-state index contributed by atoms with van der Waals surface area (Å²) in [5.41, 5.74) is 3.36. The van der Waals surface area contributed by atoms with E-state index in [1.165, 1.54) is 17.2 Å². The Kier molecular flexibility index (Phi) is 3.39. The zero-order chi connectivity index (χ0) is 14.8. The van der Waals surface area contributed by atoms with Crippen LogP contribution < -0.4 is 0 Å². The number of carbonyl (C=O) groups is 1. The van der Waals surface area contributed by atoms with Gasteiger partial charge in [0.05, 0.1) is 5.56 Å². The maximum Gasteiger partial charge on any atom is 0.337 e. The van der Waals surface area contributed by atoms with Crippen LogP contribution in [-0.4, -0.2) is 25.7 Å². The number of rotatable bonds is 4. The van der Waals surface area contributed by atoms with Crippen molar-refractivity contribution in [2.24, 2.45) is 0 Å². The molecule has 0 saturated heterocycles. The van der Waals surface area contributed by atoms with Crippen LogP contribution in [0, 0.1) is 6.92 Å². The van der Waals surface area contributed by atoms with Gasteiger partial charge in [0.25, 0.3) is 0 Å². The Morgan fingerprint density at radius 1 is 1.10 bits per heavy atom. The lowest BCUT2D eigenvalue weighted by Gasteiger charge is -2.02. The van der Waals surface area contributed by atoms with Gasteiger partial charge in [0.2, 0.25) is 0 Å². The highest BCUT2D eigenvalue weighted by atomic mass is 16.4. The molecule has 3 rings (SSSR count). The number of hydrogen-bond acceptors (Lipinski definition) is 3. The van der Waals surface area contributed by atoms with Crippen molar-refractivity contribution in [3.8, 4) is 0 Å². The average Bonchev–Trinajstić information content (AvgIpc) is 2.89. The summed E-state index contributed by atoms with van der Waals surface area (Å²) >= 11 is 0. The van der Waals surface area contributed by atoms with Crippen molar-refractivity contribution in [3.63, 3.8) is 0 Å². The van der Waals surface area contributed by atoms with Gasteiger partial charge in [-0.3, -0.25) is 4.40 Å². The fraction of sp³-hybridized carbons (Fsp3) is 0.188. The topological polar surface area (TPSA) is 67.5 Å². The van der Waals surface area contributed by atoms with E-state index in [1.54, 1.807) is 16.7 Å². The summed E-state index contributed by atoms with van der Waals surface area (Å²) in [5.74, 6) is -0.177. The molecule has 0 radical (unpaired) electrons. The summed E-state index contributed by atoms with van der Waals surface area (Å²) in [6.45, 7) is 2.06. The number of benzene rings is 1. The summed E-state index contributed by atoms with van der Waals surface area (Å²) in [6.07, 6.45) is 3.13. The Morgan fingerprint density at radius 3 is 2.57 bits per heavy atom. The van der Waals surface area contributed by atoms with Gasteiger partial charge in [-0.25, -0.2) is 4.79 Å². The summed E-state index contributed by atoms with van der Waals surface area (Å²) in [7, 11) is 0. The first-order valence-electron chi connectivity index (χ1n) is 6.76. The van der Waals surface area contributed by atoms with Crippen LogP contribution in [0.4, 0.5) is 0 Å². The molecule has 2 heterocycles. The first kappa shape index (κ1) is 13.3. The molecule has 0 aliphatic heterocycles. The molecule has 21 heavy (non-hydrogen) atoms. The summed E-state index contributed by atoms with van der Waals surface area (Å²) in [6, 6.07) is 11.6. The van der Waals surface area contributed by atoms with E-state index in [0.717, 1.165) is 12.2 Å². The van der Waals surface area contributed by atoms with E-state index in [1.807, 2.05) is 0 Å². The van der Waals surface area contributed by atoms with Gasteiger partial charge in [0, 0.05) is 12.6 Å². The minimum Gasteiger partial charge on any atom is -0.478 e. The lowest BCUT2D eigenvalue weighted by atomic mass is 10.1. The summed E-state index contributed by atoms with van der Waals surface area (Å²) in [4.78, 5) is 11.0. The number of aryl methyl sites for hydroxylation is 3. The first-order chi connectivity index (χ1) is 10.1. The van der Waals surface area contributed by atoms with E-state index in [4.69, 9.17) is 5.11 Å². The monoisotopic (exact) mass is 281 g/mol. The second kappa shape index (κ2) is 5.36. The first-order valence-corrected chi connectivity index (χ1v) is 6.76. The van der Waals surface area contributed by atoms with Gasteiger partial charge in [-0.05, 0) is 31.0 Å². The predicted octanol–water partition coefficient (Wildman–Crippen LogP) is 2.52. The molecule has 2 aromatic heterocycles. The van der Waals surface area contributed by atoms with Crippen LogP contribution in [0.1, 0.15) is 27.3 Å². The van der Waals surface area contributed by atoms with Gasteiger partial charge in [-0.1, -0.05) is 29.8 Å². The Labute approximate surface area is 121 Å². The van der Waals surface area contributed by atoms with Gasteiger partial charge < -0.3 is 5.11 Å². The van der Waals surface area contributed by atoms with E-state index < -0.39 is 5.97 Å². The molecular weight excluding hydrogens is 266 g/mol. The molecular formula is C16H15N3O2. The number of aromatic carboxylic acids is 1.